The van der Waals surface area contributed by atoms with Crippen LogP contribution in [0.1, 0.15) is 16.7 Å². The maximum Gasteiger partial charge on any atom is 0.0462 e. The van der Waals surface area contributed by atoms with Crippen molar-refractivity contribution in [3.8, 4) is 11.1 Å². The van der Waals surface area contributed by atoms with Gasteiger partial charge in [0.2, 0.25) is 0 Å². The molecule has 0 saturated heterocycles. The van der Waals surface area contributed by atoms with Gasteiger partial charge in [-0.25, -0.2) is 0 Å². The number of hydrogen-bond donors (Lipinski definition) is 0. The quantitative estimate of drug-likeness (QED) is 0.159. The molecule has 42 heavy (non-hydrogen) atoms. The third kappa shape index (κ3) is 3.63. The molecule has 0 unspecified atom stereocenters. The van der Waals surface area contributed by atoms with Crippen molar-refractivity contribution in [3.63, 3.8) is 0 Å². The van der Waals surface area contributed by atoms with Gasteiger partial charge in [0.25, 0.3) is 0 Å². The van der Waals surface area contributed by atoms with Crippen molar-refractivity contribution < 1.29 is 0 Å². The molecule has 0 spiro atoms. The van der Waals surface area contributed by atoms with Crippen molar-refractivity contribution in [2.75, 3.05) is 4.90 Å². The molecule has 0 aliphatic carbocycles. The summed E-state index contributed by atoms with van der Waals surface area (Å²) in [5.74, 6) is 0. The molecule has 0 radical (unpaired) electrons. The van der Waals surface area contributed by atoms with Gasteiger partial charge in [-0.15, -0.1) is 0 Å². The number of hydrogen-bond acceptors (Lipinski definition) is 1. The Bertz CT molecular complexity index is 2210. The minimum Gasteiger partial charge on any atom is -0.311 e. The minimum atomic E-state index is 1.14. The van der Waals surface area contributed by atoms with Gasteiger partial charge in [-0.2, -0.15) is 0 Å². The Balaban J connectivity index is 1.41. The zero-order chi connectivity index (χ0) is 28.4. The van der Waals surface area contributed by atoms with Crippen LogP contribution in [0.15, 0.2) is 133 Å². The second-order valence-corrected chi connectivity index (χ2v) is 11.5. The van der Waals surface area contributed by atoms with E-state index < -0.39 is 0 Å². The average Bonchev–Trinajstić information content (AvgIpc) is 3.03. The van der Waals surface area contributed by atoms with Crippen molar-refractivity contribution in [1.29, 1.82) is 0 Å². The van der Waals surface area contributed by atoms with E-state index in [4.69, 9.17) is 0 Å². The number of aryl methyl sites for hydroxylation is 3. The fraction of sp³-hybridized carbons (Fsp3) is 0.0732. The van der Waals surface area contributed by atoms with E-state index in [9.17, 15) is 0 Å². The molecule has 0 fully saturated rings. The molecule has 8 aromatic rings. The minimum absolute atomic E-state index is 1.14. The van der Waals surface area contributed by atoms with Crippen molar-refractivity contribution in [2.24, 2.45) is 0 Å². The van der Waals surface area contributed by atoms with Gasteiger partial charge in [0.15, 0.2) is 0 Å². The van der Waals surface area contributed by atoms with Gasteiger partial charge in [-0.3, -0.25) is 0 Å². The van der Waals surface area contributed by atoms with Crippen LogP contribution in [0.2, 0.25) is 0 Å². The molecular weight excluding hydrogens is 506 g/mol. The van der Waals surface area contributed by atoms with Crippen LogP contribution in [0, 0.1) is 20.8 Å². The molecule has 1 heteroatoms. The number of anilines is 3. The largest absolute Gasteiger partial charge is 0.311 e. The fourth-order valence-electron chi connectivity index (χ4n) is 7.12. The molecule has 0 amide bonds. The summed E-state index contributed by atoms with van der Waals surface area (Å²) in [4.78, 5) is 2.32. The van der Waals surface area contributed by atoms with Crippen LogP contribution in [0.4, 0.5) is 17.1 Å². The summed E-state index contributed by atoms with van der Waals surface area (Å²) in [6.07, 6.45) is 0. The molecule has 200 valence electrons. The summed E-state index contributed by atoms with van der Waals surface area (Å²) >= 11 is 0. The van der Waals surface area contributed by atoms with Crippen LogP contribution in [0.5, 0.6) is 0 Å². The van der Waals surface area contributed by atoms with E-state index in [-0.39, 0.29) is 0 Å². The van der Waals surface area contributed by atoms with Crippen molar-refractivity contribution >= 4 is 60.2 Å². The molecular formula is C41H31N. The van der Waals surface area contributed by atoms with E-state index in [1.54, 1.807) is 0 Å². The fourth-order valence-corrected chi connectivity index (χ4v) is 7.12. The van der Waals surface area contributed by atoms with Crippen LogP contribution in [0.3, 0.4) is 0 Å². The third-order valence-corrected chi connectivity index (χ3v) is 8.94. The zero-order valence-corrected chi connectivity index (χ0v) is 24.1. The molecule has 8 rings (SSSR count). The topological polar surface area (TPSA) is 3.24 Å². The lowest BCUT2D eigenvalue weighted by atomic mass is 9.82. The maximum absolute atomic E-state index is 2.40. The standard InChI is InChI=1S/C41H31N/c1-26-24-28(3)38-35-16-10-11-17-36(35)39-37(25-27(2)34-23-22-33(26)40(38)41(34)39)29-18-20-32(21-19-29)42(30-12-6-4-7-13-30)31-14-8-5-9-15-31/h4-25H,1-3H3. The summed E-state index contributed by atoms with van der Waals surface area (Å²) in [5, 5.41) is 10.9. The summed E-state index contributed by atoms with van der Waals surface area (Å²) in [5.41, 5.74) is 9.96. The molecule has 0 N–H and O–H groups in total. The lowest BCUT2D eigenvalue weighted by Gasteiger charge is -2.26. The monoisotopic (exact) mass is 537 g/mol. The van der Waals surface area contributed by atoms with Gasteiger partial charge in [0, 0.05) is 17.1 Å². The Labute approximate surface area is 246 Å². The molecule has 1 nitrogen and oxygen atoms in total. The Morgan fingerprint density at radius 1 is 0.357 bits per heavy atom. The Morgan fingerprint density at radius 2 is 0.833 bits per heavy atom. The van der Waals surface area contributed by atoms with E-state index in [2.05, 4.69) is 159 Å². The first-order valence-electron chi connectivity index (χ1n) is 14.7. The number of para-hydroxylation sites is 2. The van der Waals surface area contributed by atoms with Gasteiger partial charge in [0.1, 0.15) is 0 Å². The highest BCUT2D eigenvalue weighted by Gasteiger charge is 2.20. The highest BCUT2D eigenvalue weighted by atomic mass is 15.1. The summed E-state index contributed by atoms with van der Waals surface area (Å²) in [6, 6.07) is 48.7. The first-order valence-corrected chi connectivity index (χ1v) is 14.7. The molecule has 0 aliphatic rings. The summed E-state index contributed by atoms with van der Waals surface area (Å²) < 4.78 is 0. The molecule has 0 saturated carbocycles. The van der Waals surface area contributed by atoms with Crippen molar-refractivity contribution in [3.05, 3.63) is 150 Å². The van der Waals surface area contributed by atoms with E-state index in [0.717, 1.165) is 17.1 Å². The van der Waals surface area contributed by atoms with E-state index >= 15 is 0 Å². The lowest BCUT2D eigenvalue weighted by Crippen LogP contribution is -2.09. The number of fused-ring (bicyclic) bond motifs is 3. The Hall–Kier alpha value is -5.14. The van der Waals surface area contributed by atoms with Gasteiger partial charge in [-0.1, -0.05) is 97.1 Å². The molecule has 0 bridgehead atoms. The van der Waals surface area contributed by atoms with Gasteiger partial charge < -0.3 is 4.90 Å². The molecule has 0 heterocycles. The van der Waals surface area contributed by atoms with Crippen LogP contribution in [-0.2, 0) is 0 Å². The Morgan fingerprint density at radius 3 is 1.43 bits per heavy atom. The van der Waals surface area contributed by atoms with Crippen LogP contribution >= 0.6 is 0 Å². The number of benzene rings is 8. The smallest absolute Gasteiger partial charge is 0.0462 e. The van der Waals surface area contributed by atoms with Crippen molar-refractivity contribution in [1.82, 2.24) is 0 Å². The first-order chi connectivity index (χ1) is 20.6. The second kappa shape index (κ2) is 9.46. The van der Waals surface area contributed by atoms with Crippen molar-refractivity contribution in [2.45, 2.75) is 20.8 Å². The Kier molecular flexibility index (Phi) is 5.55. The lowest BCUT2D eigenvalue weighted by molar-refractivity contribution is 1.28. The van der Waals surface area contributed by atoms with Crippen LogP contribution in [0.25, 0.3) is 54.2 Å². The SMILES string of the molecule is Cc1cc(C)c2c3ccccc3c3c(-c4ccc(N(c5ccccc5)c5ccccc5)cc4)cc(C)c4ccc1c2c43. The highest BCUT2D eigenvalue weighted by Crippen LogP contribution is 2.47. The molecule has 0 aromatic heterocycles. The van der Waals surface area contributed by atoms with E-state index in [0.29, 0.717) is 0 Å². The second-order valence-electron chi connectivity index (χ2n) is 11.5. The normalized spacial score (nSPS) is 11.7. The third-order valence-electron chi connectivity index (χ3n) is 8.94. The van der Waals surface area contributed by atoms with Crippen LogP contribution < -0.4 is 4.90 Å². The van der Waals surface area contributed by atoms with E-state index in [1.165, 1.54) is 70.9 Å². The zero-order valence-electron chi connectivity index (χ0n) is 24.1. The average molecular weight is 538 g/mol. The first kappa shape index (κ1) is 24.6. The highest BCUT2D eigenvalue weighted by molar-refractivity contribution is 6.37. The maximum atomic E-state index is 2.40. The molecule has 0 aliphatic heterocycles. The summed E-state index contributed by atoms with van der Waals surface area (Å²) in [7, 11) is 0. The van der Waals surface area contributed by atoms with Crippen LogP contribution in [-0.4, -0.2) is 0 Å². The van der Waals surface area contributed by atoms with Gasteiger partial charge in [0.05, 0.1) is 0 Å². The predicted octanol–water partition coefficient (Wildman–Crippen LogP) is 11.8. The molecule has 0 atom stereocenters. The van der Waals surface area contributed by atoms with Gasteiger partial charge >= 0.3 is 0 Å². The van der Waals surface area contributed by atoms with Gasteiger partial charge in [-0.05, 0) is 128 Å². The number of nitrogens with zero attached hydrogens (tertiary/aromatic N) is 1. The summed E-state index contributed by atoms with van der Waals surface area (Å²) in [6.45, 7) is 6.78. The predicted molar refractivity (Wildman–Crippen MR) is 182 cm³/mol. The van der Waals surface area contributed by atoms with E-state index in [1.807, 2.05) is 0 Å². The number of rotatable bonds is 4. The molecule has 8 aromatic carbocycles.